The van der Waals surface area contributed by atoms with Crippen LogP contribution < -0.4 is 0 Å². The summed E-state index contributed by atoms with van der Waals surface area (Å²) in [5, 5.41) is 0. The van der Waals surface area contributed by atoms with E-state index in [2.05, 4.69) is 0 Å². The highest BCUT2D eigenvalue weighted by Gasteiger charge is 2.36. The summed E-state index contributed by atoms with van der Waals surface area (Å²) < 4.78 is 10.6. The molecule has 62 valence electrons. The molecule has 0 rings (SSSR count). The van der Waals surface area contributed by atoms with E-state index in [4.69, 9.17) is 22.5 Å². The summed E-state index contributed by atoms with van der Waals surface area (Å²) in [6.45, 7) is 5.57. The number of halogens is 2. The van der Waals surface area contributed by atoms with Crippen LogP contribution in [0, 0.1) is 0 Å². The Morgan fingerprint density at radius 2 is 1.90 bits per heavy atom. The van der Waals surface area contributed by atoms with Crippen molar-refractivity contribution in [3.63, 3.8) is 0 Å². The van der Waals surface area contributed by atoms with E-state index in [1.807, 2.05) is 6.92 Å². The van der Waals surface area contributed by atoms with E-state index in [-0.39, 0.29) is 0 Å². The summed E-state index contributed by atoms with van der Waals surface area (Å²) in [5.41, 5.74) is 0. The van der Waals surface area contributed by atoms with Gasteiger partial charge in [0.05, 0.1) is 4.49 Å². The summed E-state index contributed by atoms with van der Waals surface area (Å²) in [7, 11) is 0. The quantitative estimate of drug-likeness (QED) is 0.666. The van der Waals surface area contributed by atoms with Crippen LogP contribution in [0.1, 0.15) is 20.8 Å². The Bertz CT molecular complexity index is 154. The summed E-state index contributed by atoms with van der Waals surface area (Å²) >= 11 is 12.5. The predicted molar refractivity (Wildman–Crippen MR) is 51.5 cm³/mol. The molecule has 0 aromatic heterocycles. The van der Waals surface area contributed by atoms with Crippen molar-refractivity contribution in [2.45, 2.75) is 25.3 Å². The third kappa shape index (κ3) is 3.04. The Labute approximate surface area is 75.8 Å². The zero-order valence-corrected chi connectivity index (χ0v) is 9.45. The lowest BCUT2D eigenvalue weighted by molar-refractivity contribution is 0.585. The molecule has 0 saturated heterocycles. The maximum atomic E-state index is 11.1. The highest BCUT2D eigenvalue weighted by molar-refractivity contribution is 8.20. The van der Waals surface area contributed by atoms with Gasteiger partial charge in [0.25, 0.3) is 5.85 Å². The molecule has 0 aliphatic rings. The normalized spacial score (nSPS) is 13.7. The molecule has 1 nitrogen and oxygen atoms in total. The maximum absolute atomic E-state index is 11.1. The van der Waals surface area contributed by atoms with Crippen molar-refractivity contribution >= 4 is 40.1 Å². The van der Waals surface area contributed by atoms with Crippen LogP contribution >= 0.6 is 40.1 Å². The molecule has 0 spiro atoms. The summed E-state index contributed by atoms with van der Waals surface area (Å²) in [5.74, 6) is -2.11. The molecule has 0 aromatic carbocycles. The number of hydrogen-bond donors (Lipinski definition) is 0. The van der Waals surface area contributed by atoms with Crippen molar-refractivity contribution in [1.82, 2.24) is 0 Å². The van der Waals surface area contributed by atoms with Gasteiger partial charge in [-0.15, -0.1) is 11.8 Å². The minimum absolute atomic E-state index is 0.509. The van der Waals surface area contributed by atoms with Crippen LogP contribution in [0.25, 0.3) is 0 Å². The second kappa shape index (κ2) is 3.71. The molecule has 0 fully saturated rings. The third-order valence-corrected chi connectivity index (χ3v) is 7.67. The van der Waals surface area contributed by atoms with Crippen molar-refractivity contribution in [2.24, 2.45) is 0 Å². The SMILES string of the molecule is CCSC(C)(C)P(=O)(Cl)Cl. The number of rotatable bonds is 3. The first-order chi connectivity index (χ1) is 4.31. The monoisotopic (exact) mass is 220 g/mol. The van der Waals surface area contributed by atoms with Gasteiger partial charge in [0.15, 0.2) is 0 Å². The second-order valence-electron chi connectivity index (χ2n) is 2.34. The molecule has 5 heteroatoms. The average molecular weight is 221 g/mol. The van der Waals surface area contributed by atoms with Crippen molar-refractivity contribution in [2.75, 3.05) is 5.75 Å². The van der Waals surface area contributed by atoms with Crippen molar-refractivity contribution in [1.29, 1.82) is 0 Å². The van der Waals surface area contributed by atoms with Crippen molar-refractivity contribution in [3.05, 3.63) is 0 Å². The molecule has 0 amide bonds. The van der Waals surface area contributed by atoms with Gasteiger partial charge in [-0.05, 0) is 42.1 Å². The molecule has 0 aliphatic heterocycles. The first-order valence-electron chi connectivity index (χ1n) is 2.94. The van der Waals surface area contributed by atoms with Crippen LogP contribution in [0.3, 0.4) is 0 Å². The van der Waals surface area contributed by atoms with E-state index in [0.29, 0.717) is 0 Å². The van der Waals surface area contributed by atoms with Crippen LogP contribution in [-0.2, 0) is 4.57 Å². The van der Waals surface area contributed by atoms with Gasteiger partial charge in [0.1, 0.15) is 0 Å². The first-order valence-corrected chi connectivity index (χ1v) is 7.45. The van der Waals surface area contributed by atoms with E-state index in [1.165, 1.54) is 11.8 Å². The van der Waals surface area contributed by atoms with Crippen molar-refractivity contribution < 1.29 is 4.57 Å². The first kappa shape index (κ1) is 11.2. The Balaban J connectivity index is 4.25. The van der Waals surface area contributed by atoms with Crippen molar-refractivity contribution in [3.8, 4) is 0 Å². The topological polar surface area (TPSA) is 17.1 Å². The minimum atomic E-state index is -2.98. The van der Waals surface area contributed by atoms with Crippen LogP contribution in [0.4, 0.5) is 0 Å². The standard InChI is InChI=1S/C5H11Cl2OPS/c1-4-10-5(2,3)9(6,7)8/h4H2,1-3H3. The van der Waals surface area contributed by atoms with Crippen LogP contribution in [0.5, 0.6) is 0 Å². The average Bonchev–Trinajstić information content (AvgIpc) is 1.61. The summed E-state index contributed by atoms with van der Waals surface area (Å²) in [6, 6.07) is 0. The highest BCUT2D eigenvalue weighted by atomic mass is 35.9. The maximum Gasteiger partial charge on any atom is 0.268 e. The zero-order valence-electron chi connectivity index (χ0n) is 6.23. The van der Waals surface area contributed by atoms with E-state index < -0.39 is 10.3 Å². The lowest BCUT2D eigenvalue weighted by Gasteiger charge is -2.23. The summed E-state index contributed by atoms with van der Waals surface area (Å²) in [6.07, 6.45) is 0. The lowest BCUT2D eigenvalue weighted by Crippen LogP contribution is -2.09. The molecular weight excluding hydrogens is 210 g/mol. The van der Waals surface area contributed by atoms with Gasteiger partial charge in [-0.25, -0.2) is 0 Å². The van der Waals surface area contributed by atoms with Gasteiger partial charge in [-0.3, -0.25) is 4.57 Å². The Morgan fingerprint density at radius 1 is 1.50 bits per heavy atom. The molecule has 0 radical (unpaired) electrons. The number of thioether (sulfide) groups is 1. The highest BCUT2D eigenvalue weighted by Crippen LogP contribution is 2.70. The van der Waals surface area contributed by atoms with Crippen LogP contribution in [-0.4, -0.2) is 10.2 Å². The number of hydrogen-bond acceptors (Lipinski definition) is 2. The molecule has 10 heavy (non-hydrogen) atoms. The largest absolute Gasteiger partial charge is 0.288 e. The Morgan fingerprint density at radius 3 is 2.00 bits per heavy atom. The lowest BCUT2D eigenvalue weighted by atomic mass is 10.5. The van der Waals surface area contributed by atoms with Gasteiger partial charge in [-0.1, -0.05) is 6.92 Å². The summed E-state index contributed by atoms with van der Waals surface area (Å²) in [4.78, 5) is 0. The van der Waals surface area contributed by atoms with E-state index in [1.54, 1.807) is 13.8 Å². The van der Waals surface area contributed by atoms with Crippen LogP contribution in [0.2, 0.25) is 0 Å². The molecule has 0 N–H and O–H groups in total. The van der Waals surface area contributed by atoms with Gasteiger partial charge in [0.2, 0.25) is 0 Å². The van der Waals surface area contributed by atoms with Crippen LogP contribution in [0.15, 0.2) is 0 Å². The molecule has 0 saturated carbocycles. The second-order valence-corrected chi connectivity index (χ2v) is 9.95. The molecule has 0 heterocycles. The van der Waals surface area contributed by atoms with E-state index >= 15 is 0 Å². The Hall–Kier alpha value is 1.16. The van der Waals surface area contributed by atoms with Gasteiger partial charge < -0.3 is 0 Å². The third-order valence-electron chi connectivity index (χ3n) is 1.12. The van der Waals surface area contributed by atoms with Gasteiger partial charge in [0, 0.05) is 0 Å². The van der Waals surface area contributed by atoms with Gasteiger partial charge >= 0.3 is 0 Å². The molecule has 0 aliphatic carbocycles. The molecule has 0 bridgehead atoms. The zero-order chi connectivity index (χ0) is 8.41. The molecular formula is C5H11Cl2OPS. The fourth-order valence-corrected chi connectivity index (χ4v) is 3.00. The van der Waals surface area contributed by atoms with Gasteiger partial charge in [-0.2, -0.15) is 0 Å². The molecule has 0 atom stereocenters. The Kier molecular flexibility index (Phi) is 4.14. The molecule has 0 aromatic rings. The molecule has 0 unspecified atom stereocenters. The van der Waals surface area contributed by atoms with E-state index in [0.717, 1.165) is 5.75 Å². The smallest absolute Gasteiger partial charge is 0.268 e. The fraction of sp³-hybridized carbons (Fsp3) is 1.00. The fourth-order valence-electron chi connectivity index (χ4n) is 0.428. The predicted octanol–water partition coefficient (Wildman–Crippen LogP) is 4.15. The minimum Gasteiger partial charge on any atom is -0.288 e. The van der Waals surface area contributed by atoms with E-state index in [9.17, 15) is 4.57 Å².